The lowest BCUT2D eigenvalue weighted by atomic mass is 10.4. The molecule has 0 aliphatic heterocycles. The first-order chi connectivity index (χ1) is 12.3. The van der Waals surface area contributed by atoms with Crippen LogP contribution in [0.2, 0.25) is 0 Å². The second-order valence-electron chi connectivity index (χ2n) is 5.61. The van der Waals surface area contributed by atoms with E-state index in [9.17, 15) is 19.2 Å². The lowest BCUT2D eigenvalue weighted by Gasteiger charge is -2.07. The maximum atomic E-state index is 12.7. The van der Waals surface area contributed by atoms with E-state index in [1.165, 1.54) is 33.7 Å². The van der Waals surface area contributed by atoms with Gasteiger partial charge in [-0.25, -0.2) is 9.59 Å². The van der Waals surface area contributed by atoms with Gasteiger partial charge in [-0.05, 0) is 6.92 Å². The highest BCUT2D eigenvalue weighted by molar-refractivity contribution is 5.91. The van der Waals surface area contributed by atoms with Gasteiger partial charge in [0.1, 0.15) is 5.69 Å². The third-order valence-corrected chi connectivity index (χ3v) is 4.04. The van der Waals surface area contributed by atoms with Gasteiger partial charge in [-0.3, -0.25) is 27.7 Å². The zero-order valence-electron chi connectivity index (χ0n) is 14.6. The first-order valence-corrected chi connectivity index (χ1v) is 7.83. The van der Waals surface area contributed by atoms with Gasteiger partial charge in [0.05, 0.1) is 6.61 Å². The second kappa shape index (κ2) is 6.14. The molecular weight excluding hydrogens is 342 g/mol. The third-order valence-electron chi connectivity index (χ3n) is 4.04. The Bertz CT molecular complexity index is 1240. The molecule has 0 saturated carbocycles. The summed E-state index contributed by atoms with van der Waals surface area (Å²) in [5.74, 6) is -0.707. The number of hydrogen-bond donors (Lipinski definition) is 0. The van der Waals surface area contributed by atoms with Crippen molar-refractivity contribution in [3.05, 3.63) is 55.6 Å². The largest absolute Gasteiger partial charge is 0.461 e. The van der Waals surface area contributed by atoms with Gasteiger partial charge in [-0.15, -0.1) is 6.58 Å². The van der Waals surface area contributed by atoms with E-state index >= 15 is 0 Å². The molecule has 0 spiro atoms. The molecule has 0 aromatic carbocycles. The van der Waals surface area contributed by atoms with Crippen LogP contribution >= 0.6 is 0 Å². The molecule has 0 unspecified atom stereocenters. The topological polar surface area (TPSA) is 110 Å². The zero-order valence-corrected chi connectivity index (χ0v) is 14.6. The lowest BCUT2D eigenvalue weighted by Crippen LogP contribution is -2.37. The molecule has 3 rings (SSSR count). The van der Waals surface area contributed by atoms with E-state index in [-0.39, 0.29) is 35.8 Å². The van der Waals surface area contributed by atoms with Crippen molar-refractivity contribution in [2.75, 3.05) is 6.61 Å². The van der Waals surface area contributed by atoms with E-state index in [4.69, 9.17) is 4.74 Å². The smallest absolute Gasteiger partial charge is 0.355 e. The molecule has 136 valence electrons. The molecule has 0 atom stereocenters. The molecule has 0 radical (unpaired) electrons. The summed E-state index contributed by atoms with van der Waals surface area (Å²) in [6.07, 6.45) is 1.52. The fourth-order valence-corrected chi connectivity index (χ4v) is 2.93. The van der Waals surface area contributed by atoms with E-state index in [1.807, 2.05) is 0 Å². The number of hydrogen-bond acceptors (Lipinski definition) is 6. The van der Waals surface area contributed by atoms with Crippen LogP contribution in [0.5, 0.6) is 0 Å². The van der Waals surface area contributed by atoms with Crippen LogP contribution in [0, 0.1) is 0 Å². The van der Waals surface area contributed by atoms with Crippen LogP contribution < -0.4 is 16.8 Å². The Labute approximate surface area is 146 Å². The van der Waals surface area contributed by atoms with Crippen molar-refractivity contribution < 1.29 is 9.53 Å². The number of aryl methyl sites for hydroxylation is 1. The Hall–Kier alpha value is -3.43. The quantitative estimate of drug-likeness (QED) is 0.455. The molecule has 3 aromatic heterocycles. The van der Waals surface area contributed by atoms with Gasteiger partial charge in [0, 0.05) is 26.7 Å². The first kappa shape index (κ1) is 17.4. The highest BCUT2D eigenvalue weighted by atomic mass is 16.5. The number of esters is 1. The normalized spacial score (nSPS) is 11.2. The van der Waals surface area contributed by atoms with E-state index in [0.717, 1.165) is 10.6 Å². The Kier molecular flexibility index (Phi) is 4.10. The molecule has 0 amide bonds. The van der Waals surface area contributed by atoms with Gasteiger partial charge in [0.25, 0.3) is 11.1 Å². The van der Waals surface area contributed by atoms with Crippen LogP contribution in [0.15, 0.2) is 33.1 Å². The summed E-state index contributed by atoms with van der Waals surface area (Å²) < 4.78 is 9.91. The number of imidazole rings is 1. The first-order valence-electron chi connectivity index (χ1n) is 7.83. The number of fused-ring (bicyclic) bond motifs is 3. The van der Waals surface area contributed by atoms with Crippen molar-refractivity contribution >= 4 is 22.9 Å². The van der Waals surface area contributed by atoms with Crippen LogP contribution in [0.1, 0.15) is 17.4 Å². The number of allylic oxidation sites excluding steroid dienone is 1. The molecule has 0 fully saturated rings. The Morgan fingerprint density at radius 3 is 2.58 bits per heavy atom. The summed E-state index contributed by atoms with van der Waals surface area (Å²) in [6, 6.07) is 1.02. The molecule has 0 aliphatic rings. The number of carbonyl (C=O) groups is 1. The standard InChI is InChI=1S/C16H17N5O5/c1-5-7-20-11-12(18(3)16(25)19(4)13(11)23)21-9(14(24)26-6-2)8-10(22)17-15(20)21/h5,8H,1,6-7H2,2-4H3. The van der Waals surface area contributed by atoms with Crippen molar-refractivity contribution in [3.8, 4) is 0 Å². The highest BCUT2D eigenvalue weighted by Crippen LogP contribution is 2.17. The molecule has 10 heteroatoms. The minimum absolute atomic E-state index is 0.0498. The van der Waals surface area contributed by atoms with Crippen molar-refractivity contribution in [2.24, 2.45) is 14.1 Å². The minimum atomic E-state index is -0.757. The van der Waals surface area contributed by atoms with Crippen molar-refractivity contribution in [3.63, 3.8) is 0 Å². The number of rotatable bonds is 4. The fourth-order valence-electron chi connectivity index (χ4n) is 2.93. The monoisotopic (exact) mass is 359 g/mol. The number of aromatic nitrogens is 5. The lowest BCUT2D eigenvalue weighted by molar-refractivity contribution is 0.0517. The SMILES string of the molecule is C=CCn1c2c(=O)n(C)c(=O)n(C)c2n2c(C(=O)OCC)cc(=O)nc12. The summed E-state index contributed by atoms with van der Waals surface area (Å²) in [7, 11) is 2.82. The molecule has 0 saturated heterocycles. The predicted octanol–water partition coefficient (Wildman–Crippen LogP) is -0.591. The summed E-state index contributed by atoms with van der Waals surface area (Å²) in [6.45, 7) is 5.53. The average molecular weight is 359 g/mol. The molecule has 0 N–H and O–H groups in total. The van der Waals surface area contributed by atoms with Crippen LogP contribution in [0.4, 0.5) is 0 Å². The molecule has 3 heterocycles. The van der Waals surface area contributed by atoms with Crippen LogP contribution in [0.25, 0.3) is 16.9 Å². The van der Waals surface area contributed by atoms with E-state index < -0.39 is 22.8 Å². The minimum Gasteiger partial charge on any atom is -0.461 e. The van der Waals surface area contributed by atoms with Crippen molar-refractivity contribution in [1.82, 2.24) is 23.1 Å². The Morgan fingerprint density at radius 1 is 1.27 bits per heavy atom. The van der Waals surface area contributed by atoms with Gasteiger partial charge >= 0.3 is 11.7 Å². The fraction of sp³-hybridized carbons (Fsp3) is 0.312. The van der Waals surface area contributed by atoms with Crippen molar-refractivity contribution in [2.45, 2.75) is 13.5 Å². The van der Waals surface area contributed by atoms with Gasteiger partial charge in [0.15, 0.2) is 11.2 Å². The van der Waals surface area contributed by atoms with Gasteiger partial charge in [0.2, 0.25) is 5.78 Å². The molecule has 0 bridgehead atoms. The van der Waals surface area contributed by atoms with Crippen LogP contribution in [-0.4, -0.2) is 35.7 Å². The Balaban J connectivity index is 2.71. The van der Waals surface area contributed by atoms with Gasteiger partial charge in [-0.1, -0.05) is 6.08 Å². The molecular formula is C16H17N5O5. The van der Waals surface area contributed by atoms with Crippen molar-refractivity contribution in [1.29, 1.82) is 0 Å². The third kappa shape index (κ3) is 2.30. The summed E-state index contributed by atoms with van der Waals surface area (Å²) >= 11 is 0. The predicted molar refractivity (Wildman–Crippen MR) is 93.6 cm³/mol. The Morgan fingerprint density at radius 2 is 1.96 bits per heavy atom. The number of carbonyl (C=O) groups excluding carboxylic acids is 1. The summed E-state index contributed by atoms with van der Waals surface area (Å²) in [5, 5.41) is 0. The molecule has 0 aliphatic carbocycles. The van der Waals surface area contributed by atoms with Crippen LogP contribution in [-0.2, 0) is 25.4 Å². The maximum absolute atomic E-state index is 12.7. The van der Waals surface area contributed by atoms with E-state index in [2.05, 4.69) is 11.6 Å². The van der Waals surface area contributed by atoms with Crippen LogP contribution in [0.3, 0.4) is 0 Å². The molecule has 26 heavy (non-hydrogen) atoms. The van der Waals surface area contributed by atoms with Gasteiger partial charge in [-0.2, -0.15) is 4.98 Å². The second-order valence-corrected chi connectivity index (χ2v) is 5.61. The highest BCUT2D eigenvalue weighted by Gasteiger charge is 2.24. The molecule has 3 aromatic rings. The molecule has 10 nitrogen and oxygen atoms in total. The average Bonchev–Trinajstić information content (AvgIpc) is 2.92. The number of nitrogens with zero attached hydrogens (tertiary/aromatic N) is 5. The zero-order chi connectivity index (χ0) is 19.2. The van der Waals surface area contributed by atoms with Gasteiger partial charge < -0.3 is 4.74 Å². The number of ether oxygens (including phenoxy) is 1. The summed E-state index contributed by atoms with van der Waals surface area (Å²) in [4.78, 5) is 53.4. The maximum Gasteiger partial charge on any atom is 0.355 e. The van der Waals surface area contributed by atoms with E-state index in [1.54, 1.807) is 6.92 Å². The van der Waals surface area contributed by atoms with E-state index in [0.29, 0.717) is 0 Å². The summed E-state index contributed by atoms with van der Waals surface area (Å²) in [5.41, 5.74) is -1.66.